The van der Waals surface area contributed by atoms with Gasteiger partial charge in [-0.25, -0.2) is 0 Å². The second kappa shape index (κ2) is 16.2. The highest BCUT2D eigenvalue weighted by molar-refractivity contribution is 7.57. The zero-order valence-corrected chi connectivity index (χ0v) is 23.4. The van der Waals surface area contributed by atoms with E-state index in [9.17, 15) is 9.46 Å². The maximum absolute atomic E-state index is 11.3. The van der Waals surface area contributed by atoms with E-state index in [1.54, 1.807) is 0 Å². The minimum atomic E-state index is -2.89. The molecule has 4 nitrogen and oxygen atoms in total. The van der Waals surface area contributed by atoms with Crippen LogP contribution >= 0.6 is 7.37 Å². The minimum absolute atomic E-state index is 0.372. The molecule has 0 amide bonds. The summed E-state index contributed by atoms with van der Waals surface area (Å²) in [6.45, 7) is 10.4. The number of ether oxygens (including phenoxy) is 1. The van der Waals surface area contributed by atoms with Crippen LogP contribution in [0.5, 0.6) is 5.75 Å². The van der Waals surface area contributed by atoms with Crippen molar-refractivity contribution in [2.45, 2.75) is 85.1 Å². The summed E-state index contributed by atoms with van der Waals surface area (Å²) in [4.78, 5) is 9.34. The van der Waals surface area contributed by atoms with E-state index in [1.807, 2.05) is 12.1 Å². The topological polar surface area (TPSA) is 58.6 Å². The predicted molar refractivity (Wildman–Crippen MR) is 150 cm³/mol. The fourth-order valence-electron chi connectivity index (χ4n) is 4.47. The number of aryl methyl sites for hydroxylation is 2. The summed E-state index contributed by atoms with van der Waals surface area (Å²) in [6, 6.07) is 15.2. The molecule has 0 saturated heterocycles. The van der Waals surface area contributed by atoms with E-state index in [2.05, 4.69) is 56.4 Å². The lowest BCUT2D eigenvalue weighted by Crippen LogP contribution is -2.15. The molecule has 2 atom stereocenters. The number of hydrogen-bond acceptors (Lipinski definition) is 3. The van der Waals surface area contributed by atoms with Crippen molar-refractivity contribution >= 4 is 7.37 Å². The van der Waals surface area contributed by atoms with Gasteiger partial charge in [-0.15, -0.1) is 0 Å². The third-order valence-electron chi connectivity index (χ3n) is 6.77. The van der Waals surface area contributed by atoms with E-state index in [-0.39, 0.29) is 0 Å². The van der Waals surface area contributed by atoms with Gasteiger partial charge in [0.25, 0.3) is 0 Å². The Hall–Kier alpha value is -1.61. The van der Waals surface area contributed by atoms with E-state index in [0.717, 1.165) is 37.8 Å². The van der Waals surface area contributed by atoms with Crippen LogP contribution < -0.4 is 10.1 Å². The fraction of sp³-hybridized carbons (Fsp3) is 0.600. The van der Waals surface area contributed by atoms with Crippen molar-refractivity contribution < 1.29 is 14.2 Å². The smallest absolute Gasteiger partial charge is 0.197 e. The molecular weight excluding hydrogens is 453 g/mol. The average Bonchev–Trinajstić information content (AvgIpc) is 2.81. The normalized spacial score (nSPS) is 14.0. The highest BCUT2D eigenvalue weighted by Gasteiger charge is 2.11. The monoisotopic (exact) mass is 501 g/mol. The van der Waals surface area contributed by atoms with Crippen molar-refractivity contribution in [1.29, 1.82) is 0 Å². The largest absolute Gasteiger partial charge is 0.494 e. The molecule has 0 fully saturated rings. The molecule has 0 heterocycles. The molecule has 5 heteroatoms. The van der Waals surface area contributed by atoms with Gasteiger partial charge in [0.05, 0.1) is 6.61 Å². The lowest BCUT2D eigenvalue weighted by atomic mass is 9.89. The standard InChI is InChI=1S/C30H48NO3P/c1-5-6-7-8-11-27(23-29-14-13-25(2)26(3)22-29)12-9-20-34-30-17-15-28(16-18-30)24-31-19-10-21-35(4,32)33/h13-18,22,27,31H,5-12,19-21,23-24H2,1-4H3,(H,32,33). The third kappa shape index (κ3) is 13.3. The van der Waals surface area contributed by atoms with Gasteiger partial charge in [-0.1, -0.05) is 69.4 Å². The average molecular weight is 502 g/mol. The first-order valence-corrected chi connectivity index (χ1v) is 15.8. The van der Waals surface area contributed by atoms with Crippen molar-refractivity contribution in [3.05, 3.63) is 64.7 Å². The van der Waals surface area contributed by atoms with Crippen LogP contribution in [-0.2, 0) is 17.5 Å². The zero-order chi connectivity index (χ0) is 25.5. The van der Waals surface area contributed by atoms with Crippen LogP contribution in [0.25, 0.3) is 0 Å². The van der Waals surface area contributed by atoms with Crippen LogP contribution in [0.1, 0.15) is 80.5 Å². The van der Waals surface area contributed by atoms with Gasteiger partial charge in [0, 0.05) is 19.4 Å². The summed E-state index contributed by atoms with van der Waals surface area (Å²) >= 11 is 0. The van der Waals surface area contributed by atoms with Crippen LogP contribution in [0.4, 0.5) is 0 Å². The van der Waals surface area contributed by atoms with E-state index in [0.29, 0.717) is 12.6 Å². The third-order valence-corrected chi connectivity index (χ3v) is 7.91. The van der Waals surface area contributed by atoms with Gasteiger partial charge in [-0.2, -0.15) is 0 Å². The second-order valence-corrected chi connectivity index (χ2v) is 12.8. The lowest BCUT2D eigenvalue weighted by Gasteiger charge is -2.18. The molecule has 2 aromatic rings. The van der Waals surface area contributed by atoms with Crippen molar-refractivity contribution in [2.24, 2.45) is 5.92 Å². The molecular formula is C30H48NO3P. The number of rotatable bonds is 18. The maximum atomic E-state index is 11.3. The molecule has 0 aliphatic carbocycles. The Morgan fingerprint density at radius 2 is 1.63 bits per heavy atom. The molecule has 0 aliphatic rings. The molecule has 196 valence electrons. The van der Waals surface area contributed by atoms with Gasteiger partial charge in [0.2, 0.25) is 0 Å². The Balaban J connectivity index is 1.72. The summed E-state index contributed by atoms with van der Waals surface area (Å²) in [5.74, 6) is 1.65. The summed E-state index contributed by atoms with van der Waals surface area (Å²) in [6.07, 6.45) is 11.2. The first kappa shape index (κ1) is 29.6. The van der Waals surface area contributed by atoms with Crippen molar-refractivity contribution in [1.82, 2.24) is 5.32 Å². The Morgan fingerprint density at radius 3 is 2.31 bits per heavy atom. The van der Waals surface area contributed by atoms with E-state index >= 15 is 0 Å². The Labute approximate surface area is 214 Å². The van der Waals surface area contributed by atoms with Crippen LogP contribution in [0.2, 0.25) is 0 Å². The first-order chi connectivity index (χ1) is 16.8. The number of benzene rings is 2. The van der Waals surface area contributed by atoms with Crippen molar-refractivity contribution in [2.75, 3.05) is 26.0 Å². The molecule has 0 aromatic heterocycles. The predicted octanol–water partition coefficient (Wildman–Crippen LogP) is 7.67. The SMILES string of the molecule is CCCCCCC(CCCOc1ccc(CNCCCP(C)(=O)O)cc1)Cc1ccc(C)c(C)c1. The molecule has 0 aliphatic heterocycles. The summed E-state index contributed by atoms with van der Waals surface area (Å²) in [7, 11) is -2.89. The minimum Gasteiger partial charge on any atom is -0.494 e. The molecule has 0 spiro atoms. The van der Waals surface area contributed by atoms with Gasteiger partial charge in [-0.3, -0.25) is 4.57 Å². The second-order valence-electron chi connectivity index (χ2n) is 10.3. The van der Waals surface area contributed by atoms with Crippen LogP contribution in [0, 0.1) is 19.8 Å². The maximum Gasteiger partial charge on any atom is 0.197 e. The van der Waals surface area contributed by atoms with Gasteiger partial charge >= 0.3 is 0 Å². The van der Waals surface area contributed by atoms with Crippen LogP contribution in [0.3, 0.4) is 0 Å². The highest BCUT2D eigenvalue weighted by Crippen LogP contribution is 2.35. The van der Waals surface area contributed by atoms with E-state index in [1.165, 1.54) is 73.9 Å². The Kier molecular flexibility index (Phi) is 13.7. The Bertz CT molecular complexity index is 891. The molecule has 0 radical (unpaired) electrons. The fourth-order valence-corrected chi connectivity index (χ4v) is 5.21. The quantitative estimate of drug-likeness (QED) is 0.162. The Morgan fingerprint density at radius 1 is 0.914 bits per heavy atom. The van der Waals surface area contributed by atoms with E-state index < -0.39 is 7.37 Å². The molecule has 2 N–H and O–H groups in total. The molecule has 0 bridgehead atoms. The lowest BCUT2D eigenvalue weighted by molar-refractivity contribution is 0.286. The van der Waals surface area contributed by atoms with Crippen molar-refractivity contribution in [3.63, 3.8) is 0 Å². The molecule has 0 saturated carbocycles. The molecule has 35 heavy (non-hydrogen) atoms. The summed E-state index contributed by atoms with van der Waals surface area (Å²) < 4.78 is 17.4. The number of nitrogens with one attached hydrogen (secondary N) is 1. The van der Waals surface area contributed by atoms with E-state index in [4.69, 9.17) is 4.74 Å². The van der Waals surface area contributed by atoms with Gasteiger partial charge in [0.1, 0.15) is 5.75 Å². The zero-order valence-electron chi connectivity index (χ0n) is 22.5. The van der Waals surface area contributed by atoms with Gasteiger partial charge in [0.15, 0.2) is 7.37 Å². The summed E-state index contributed by atoms with van der Waals surface area (Å²) in [5.41, 5.74) is 5.43. The number of hydrogen-bond donors (Lipinski definition) is 2. The number of unbranched alkanes of at least 4 members (excludes halogenated alkanes) is 3. The molecule has 2 rings (SSSR count). The van der Waals surface area contributed by atoms with Crippen LogP contribution in [-0.4, -0.2) is 30.9 Å². The van der Waals surface area contributed by atoms with Crippen molar-refractivity contribution in [3.8, 4) is 5.75 Å². The molecule has 2 aromatic carbocycles. The summed E-state index contributed by atoms with van der Waals surface area (Å²) in [5, 5.41) is 3.34. The van der Waals surface area contributed by atoms with Gasteiger partial charge in [-0.05, 0) is 86.4 Å². The first-order valence-electron chi connectivity index (χ1n) is 13.5. The highest BCUT2D eigenvalue weighted by atomic mass is 31.2. The van der Waals surface area contributed by atoms with Gasteiger partial charge < -0.3 is 14.9 Å². The van der Waals surface area contributed by atoms with Crippen LogP contribution in [0.15, 0.2) is 42.5 Å². The molecule has 2 unspecified atom stereocenters.